The maximum atomic E-state index is 12.3. The van der Waals surface area contributed by atoms with E-state index in [-0.39, 0.29) is 16.5 Å². The van der Waals surface area contributed by atoms with Gasteiger partial charge in [0, 0.05) is 0 Å². The Hall–Kier alpha value is -1.75. The molecule has 0 unspecified atom stereocenters. The van der Waals surface area contributed by atoms with Crippen LogP contribution in [0.3, 0.4) is 0 Å². The molecule has 0 aromatic heterocycles. The second-order valence-electron chi connectivity index (χ2n) is 3.67. The summed E-state index contributed by atoms with van der Waals surface area (Å²) in [5.41, 5.74) is 0. The highest BCUT2D eigenvalue weighted by Gasteiger charge is 2.26. The predicted molar refractivity (Wildman–Crippen MR) is 73.2 cm³/mol. The maximum Gasteiger partial charge on any atom is 0.318 e. The van der Waals surface area contributed by atoms with Gasteiger partial charge in [-0.05, 0) is 18.2 Å². The van der Waals surface area contributed by atoms with E-state index in [1.54, 1.807) is 0 Å². The fraction of sp³-hybridized carbons (Fsp3) is 0.250. The van der Waals surface area contributed by atoms with Crippen LogP contribution in [-0.2, 0) is 14.8 Å². The summed E-state index contributed by atoms with van der Waals surface area (Å²) in [7, 11) is -2.64. The topological polar surface area (TPSA) is 83.9 Å². The molecule has 0 heterocycles. The van der Waals surface area contributed by atoms with Crippen molar-refractivity contribution in [1.29, 1.82) is 0 Å². The molecule has 20 heavy (non-hydrogen) atoms. The van der Waals surface area contributed by atoms with Gasteiger partial charge in [-0.15, -0.1) is 6.42 Å². The molecule has 0 spiro atoms. The monoisotopic (exact) mass is 317 g/mol. The van der Waals surface area contributed by atoms with Crippen molar-refractivity contribution in [2.75, 3.05) is 20.2 Å². The zero-order chi connectivity index (χ0) is 15.3. The summed E-state index contributed by atoms with van der Waals surface area (Å²) in [6.45, 7) is -1.07. The van der Waals surface area contributed by atoms with Gasteiger partial charge < -0.3 is 9.84 Å². The van der Waals surface area contributed by atoms with Crippen LogP contribution in [0.15, 0.2) is 23.1 Å². The van der Waals surface area contributed by atoms with E-state index in [0.29, 0.717) is 10.1 Å². The summed E-state index contributed by atoms with van der Waals surface area (Å²) in [6, 6.07) is 3.83. The molecule has 0 aliphatic rings. The van der Waals surface area contributed by atoms with Crippen molar-refractivity contribution in [3.05, 3.63) is 23.2 Å². The van der Waals surface area contributed by atoms with Crippen molar-refractivity contribution in [3.8, 4) is 18.1 Å². The van der Waals surface area contributed by atoms with Gasteiger partial charge in [-0.2, -0.15) is 4.31 Å². The Morgan fingerprint density at radius 3 is 2.65 bits per heavy atom. The van der Waals surface area contributed by atoms with Gasteiger partial charge in [0.15, 0.2) is 0 Å². The Labute approximate surface area is 122 Å². The number of benzene rings is 1. The van der Waals surface area contributed by atoms with Gasteiger partial charge in [0.05, 0.1) is 23.6 Å². The van der Waals surface area contributed by atoms with Crippen molar-refractivity contribution in [2.24, 2.45) is 0 Å². The zero-order valence-electron chi connectivity index (χ0n) is 10.5. The lowest BCUT2D eigenvalue weighted by atomic mass is 10.3. The van der Waals surface area contributed by atoms with E-state index >= 15 is 0 Å². The Bertz CT molecular complexity index is 650. The van der Waals surface area contributed by atoms with E-state index in [1.165, 1.54) is 25.3 Å². The van der Waals surface area contributed by atoms with Crippen molar-refractivity contribution in [1.82, 2.24) is 4.31 Å². The van der Waals surface area contributed by atoms with Gasteiger partial charge >= 0.3 is 5.97 Å². The minimum absolute atomic E-state index is 0.101. The minimum Gasteiger partial charge on any atom is -0.495 e. The first-order valence-electron chi connectivity index (χ1n) is 5.32. The highest BCUT2D eigenvalue weighted by atomic mass is 35.5. The number of methoxy groups -OCH3 is 1. The number of carboxylic acid groups (broad SMARTS) is 1. The standard InChI is InChI=1S/C12H12ClNO5S/c1-3-6-14(8-12(15)16)20(17,18)9-4-5-11(19-2)10(13)7-9/h1,4-5,7H,6,8H2,2H3,(H,15,16). The molecule has 8 heteroatoms. The number of nitrogens with zero attached hydrogens (tertiary/aromatic N) is 1. The molecular weight excluding hydrogens is 306 g/mol. The lowest BCUT2D eigenvalue weighted by Gasteiger charge is -2.18. The third-order valence-corrected chi connectivity index (χ3v) is 4.42. The van der Waals surface area contributed by atoms with E-state index in [0.717, 1.165) is 0 Å². The SMILES string of the molecule is C#CCN(CC(=O)O)S(=O)(=O)c1ccc(OC)c(Cl)c1. The number of hydrogen-bond acceptors (Lipinski definition) is 4. The fourth-order valence-corrected chi connectivity index (χ4v) is 3.09. The molecule has 0 saturated heterocycles. The third kappa shape index (κ3) is 3.63. The second-order valence-corrected chi connectivity index (χ2v) is 6.01. The van der Waals surface area contributed by atoms with Gasteiger partial charge in [0.25, 0.3) is 0 Å². The maximum absolute atomic E-state index is 12.3. The van der Waals surface area contributed by atoms with Crippen LogP contribution in [0.5, 0.6) is 5.75 Å². The Balaban J connectivity index is 3.22. The number of aliphatic carboxylic acids is 1. The van der Waals surface area contributed by atoms with Crippen molar-refractivity contribution < 1.29 is 23.1 Å². The largest absolute Gasteiger partial charge is 0.495 e. The first-order chi connectivity index (χ1) is 9.32. The lowest BCUT2D eigenvalue weighted by molar-refractivity contribution is -0.137. The Morgan fingerprint density at radius 1 is 1.55 bits per heavy atom. The Morgan fingerprint density at radius 2 is 2.20 bits per heavy atom. The Kier molecular flexibility index (Phi) is 5.39. The van der Waals surface area contributed by atoms with Crippen LogP contribution in [0.1, 0.15) is 0 Å². The second kappa shape index (κ2) is 6.61. The summed E-state index contributed by atoms with van der Waals surface area (Å²) in [4.78, 5) is 10.6. The normalized spacial score (nSPS) is 11.1. The summed E-state index contributed by atoms with van der Waals surface area (Å²) in [6.07, 6.45) is 5.06. The molecule has 0 aliphatic heterocycles. The van der Waals surface area contributed by atoms with E-state index in [4.69, 9.17) is 27.9 Å². The molecule has 0 atom stereocenters. The third-order valence-electron chi connectivity index (χ3n) is 2.34. The summed E-state index contributed by atoms with van der Waals surface area (Å²) in [5, 5.41) is 8.84. The van der Waals surface area contributed by atoms with Gasteiger partial charge in [0.1, 0.15) is 12.3 Å². The number of carboxylic acids is 1. The fourth-order valence-electron chi connectivity index (χ4n) is 1.44. The number of sulfonamides is 1. The quantitative estimate of drug-likeness (QED) is 0.793. The van der Waals surface area contributed by atoms with Crippen LogP contribution in [-0.4, -0.2) is 44.0 Å². The average Bonchev–Trinajstić information content (AvgIpc) is 2.37. The highest BCUT2D eigenvalue weighted by Crippen LogP contribution is 2.28. The van der Waals surface area contributed by atoms with E-state index in [9.17, 15) is 13.2 Å². The molecule has 0 saturated carbocycles. The molecule has 0 aliphatic carbocycles. The zero-order valence-corrected chi connectivity index (χ0v) is 12.1. The lowest BCUT2D eigenvalue weighted by Crippen LogP contribution is -2.36. The van der Waals surface area contributed by atoms with Gasteiger partial charge in [-0.1, -0.05) is 17.5 Å². The van der Waals surface area contributed by atoms with Gasteiger partial charge in [-0.25, -0.2) is 8.42 Å². The van der Waals surface area contributed by atoms with Crippen LogP contribution in [0.2, 0.25) is 5.02 Å². The molecule has 0 amide bonds. The molecule has 0 radical (unpaired) electrons. The van der Waals surface area contributed by atoms with Gasteiger partial charge in [0.2, 0.25) is 10.0 Å². The number of carbonyl (C=O) groups is 1. The van der Waals surface area contributed by atoms with Crippen molar-refractivity contribution in [3.63, 3.8) is 0 Å². The van der Waals surface area contributed by atoms with E-state index in [1.807, 2.05) is 0 Å². The molecule has 1 aromatic carbocycles. The smallest absolute Gasteiger partial charge is 0.318 e. The van der Waals surface area contributed by atoms with E-state index < -0.39 is 22.5 Å². The number of halogens is 1. The molecule has 1 rings (SSSR count). The number of terminal acetylenes is 1. The number of rotatable bonds is 6. The molecule has 108 valence electrons. The molecular formula is C12H12ClNO5S. The number of hydrogen-bond donors (Lipinski definition) is 1. The first-order valence-corrected chi connectivity index (χ1v) is 7.13. The summed E-state index contributed by atoms with van der Waals surface area (Å²) >= 11 is 5.86. The van der Waals surface area contributed by atoms with Crippen LogP contribution >= 0.6 is 11.6 Å². The molecule has 6 nitrogen and oxygen atoms in total. The highest BCUT2D eigenvalue weighted by molar-refractivity contribution is 7.89. The van der Waals surface area contributed by atoms with Crippen LogP contribution in [0.25, 0.3) is 0 Å². The van der Waals surface area contributed by atoms with E-state index in [2.05, 4.69) is 5.92 Å². The average molecular weight is 318 g/mol. The molecule has 0 fully saturated rings. The summed E-state index contributed by atoms with van der Waals surface area (Å²) < 4.78 is 30.1. The van der Waals surface area contributed by atoms with Crippen LogP contribution in [0, 0.1) is 12.3 Å². The molecule has 1 aromatic rings. The van der Waals surface area contributed by atoms with Crippen LogP contribution in [0.4, 0.5) is 0 Å². The summed E-state index contributed by atoms with van der Waals surface area (Å²) in [5.74, 6) is 1.12. The first kappa shape index (κ1) is 16.3. The van der Waals surface area contributed by atoms with Crippen molar-refractivity contribution >= 4 is 27.6 Å². The number of ether oxygens (including phenoxy) is 1. The molecule has 0 bridgehead atoms. The predicted octanol–water partition coefficient (Wildman–Crippen LogP) is 1.06. The van der Waals surface area contributed by atoms with Gasteiger partial charge in [-0.3, -0.25) is 4.79 Å². The molecule has 1 N–H and O–H groups in total. The minimum atomic E-state index is -4.04. The van der Waals surface area contributed by atoms with Crippen LogP contribution < -0.4 is 4.74 Å². The van der Waals surface area contributed by atoms with Crippen molar-refractivity contribution in [2.45, 2.75) is 4.90 Å².